The van der Waals surface area contributed by atoms with E-state index in [1.54, 1.807) is 0 Å². The van der Waals surface area contributed by atoms with Crippen molar-refractivity contribution in [3.05, 3.63) is 34.3 Å². The zero-order valence-electron chi connectivity index (χ0n) is 8.81. The van der Waals surface area contributed by atoms with Crippen LogP contribution in [-0.4, -0.2) is 5.88 Å². The van der Waals surface area contributed by atoms with Crippen LogP contribution in [0.2, 0.25) is 0 Å². The van der Waals surface area contributed by atoms with Gasteiger partial charge in [0.1, 0.15) is 0 Å². The second kappa shape index (κ2) is 4.88. The van der Waals surface area contributed by atoms with Gasteiger partial charge < -0.3 is 0 Å². The van der Waals surface area contributed by atoms with E-state index in [2.05, 4.69) is 40.2 Å². The third kappa shape index (κ3) is 2.39. The third-order valence-electron chi connectivity index (χ3n) is 3.50. The largest absolute Gasteiger partial charge is 0.126 e. The van der Waals surface area contributed by atoms with Gasteiger partial charge in [0.05, 0.1) is 0 Å². The van der Waals surface area contributed by atoms with Crippen molar-refractivity contribution < 1.29 is 0 Å². The van der Waals surface area contributed by atoms with Crippen molar-refractivity contribution in [2.45, 2.75) is 37.5 Å². The van der Waals surface area contributed by atoms with Crippen molar-refractivity contribution in [2.75, 3.05) is 5.88 Å². The topological polar surface area (TPSA) is 0 Å². The maximum Gasteiger partial charge on any atom is 0.0320 e. The Morgan fingerprint density at radius 1 is 1.20 bits per heavy atom. The zero-order chi connectivity index (χ0) is 10.7. The minimum atomic E-state index is 0.240. The molecule has 0 amide bonds. The van der Waals surface area contributed by atoms with Crippen LogP contribution in [0.5, 0.6) is 0 Å². The normalized spacial score (nSPS) is 20.1. The molecule has 0 aliphatic heterocycles. The van der Waals surface area contributed by atoms with E-state index in [4.69, 9.17) is 11.6 Å². The lowest BCUT2D eigenvalue weighted by Gasteiger charge is -2.36. The highest BCUT2D eigenvalue weighted by Crippen LogP contribution is 2.40. The summed E-state index contributed by atoms with van der Waals surface area (Å²) in [4.78, 5) is 0. The minimum absolute atomic E-state index is 0.240. The predicted molar refractivity (Wildman–Crippen MR) is 69.6 cm³/mol. The SMILES string of the molecule is ClCC1(c2cccc(Br)c2)CCCCC1. The monoisotopic (exact) mass is 286 g/mol. The van der Waals surface area contributed by atoms with Crippen LogP contribution < -0.4 is 0 Å². The summed E-state index contributed by atoms with van der Waals surface area (Å²) in [5, 5.41) is 0. The first-order valence-electron chi connectivity index (χ1n) is 5.59. The summed E-state index contributed by atoms with van der Waals surface area (Å²) >= 11 is 9.75. The van der Waals surface area contributed by atoms with E-state index in [1.165, 1.54) is 37.7 Å². The second-order valence-corrected chi connectivity index (χ2v) is 5.67. The van der Waals surface area contributed by atoms with Crippen LogP contribution >= 0.6 is 27.5 Å². The highest BCUT2D eigenvalue weighted by Gasteiger charge is 2.32. The molecule has 0 heterocycles. The third-order valence-corrected chi connectivity index (χ3v) is 4.51. The molecule has 0 saturated heterocycles. The van der Waals surface area contributed by atoms with Crippen LogP contribution in [0.1, 0.15) is 37.7 Å². The van der Waals surface area contributed by atoms with Crippen molar-refractivity contribution in [3.63, 3.8) is 0 Å². The van der Waals surface area contributed by atoms with Crippen molar-refractivity contribution in [1.82, 2.24) is 0 Å². The van der Waals surface area contributed by atoms with Crippen molar-refractivity contribution in [3.8, 4) is 0 Å². The van der Waals surface area contributed by atoms with Crippen molar-refractivity contribution >= 4 is 27.5 Å². The second-order valence-electron chi connectivity index (χ2n) is 4.48. The zero-order valence-corrected chi connectivity index (χ0v) is 11.1. The maximum atomic E-state index is 6.21. The van der Waals surface area contributed by atoms with Gasteiger partial charge in [-0.05, 0) is 30.5 Å². The summed E-state index contributed by atoms with van der Waals surface area (Å²) < 4.78 is 1.16. The van der Waals surface area contributed by atoms with E-state index in [0.29, 0.717) is 0 Å². The van der Waals surface area contributed by atoms with E-state index in [0.717, 1.165) is 10.4 Å². The van der Waals surface area contributed by atoms with E-state index in [9.17, 15) is 0 Å². The Labute approximate surface area is 105 Å². The number of rotatable bonds is 2. The van der Waals surface area contributed by atoms with Gasteiger partial charge in [-0.1, -0.05) is 47.3 Å². The molecule has 0 radical (unpaired) electrons. The molecule has 0 nitrogen and oxygen atoms in total. The van der Waals surface area contributed by atoms with Gasteiger partial charge >= 0.3 is 0 Å². The summed E-state index contributed by atoms with van der Waals surface area (Å²) in [6.45, 7) is 0. The van der Waals surface area contributed by atoms with E-state index >= 15 is 0 Å². The molecule has 2 rings (SSSR count). The molecule has 0 atom stereocenters. The van der Waals surface area contributed by atoms with Gasteiger partial charge in [0.25, 0.3) is 0 Å². The Balaban J connectivity index is 2.32. The van der Waals surface area contributed by atoms with Gasteiger partial charge in [0, 0.05) is 15.8 Å². The highest BCUT2D eigenvalue weighted by atomic mass is 79.9. The Morgan fingerprint density at radius 3 is 2.53 bits per heavy atom. The molecule has 0 unspecified atom stereocenters. The molecular formula is C13H16BrCl. The first kappa shape index (κ1) is 11.5. The Morgan fingerprint density at radius 2 is 1.93 bits per heavy atom. The Bertz CT molecular complexity index is 329. The number of hydrogen-bond donors (Lipinski definition) is 0. The standard InChI is InChI=1S/C13H16BrCl/c14-12-6-4-5-11(9-12)13(10-15)7-2-1-3-8-13/h4-6,9H,1-3,7-8,10H2. The molecule has 1 aromatic rings. The summed E-state index contributed by atoms with van der Waals surface area (Å²) in [7, 11) is 0. The fraction of sp³-hybridized carbons (Fsp3) is 0.538. The molecule has 0 N–H and O–H groups in total. The van der Waals surface area contributed by atoms with E-state index in [1.807, 2.05) is 0 Å². The van der Waals surface area contributed by atoms with Crippen LogP contribution in [0.3, 0.4) is 0 Å². The van der Waals surface area contributed by atoms with Gasteiger partial charge in [-0.2, -0.15) is 0 Å². The van der Waals surface area contributed by atoms with Crippen LogP contribution in [0, 0.1) is 0 Å². The van der Waals surface area contributed by atoms with Gasteiger partial charge in [0.15, 0.2) is 0 Å². The number of hydrogen-bond acceptors (Lipinski definition) is 0. The quantitative estimate of drug-likeness (QED) is 0.679. The molecule has 1 saturated carbocycles. The molecule has 1 aliphatic carbocycles. The summed E-state index contributed by atoms with van der Waals surface area (Å²) in [6.07, 6.45) is 6.49. The lowest BCUT2D eigenvalue weighted by Crippen LogP contribution is -2.30. The predicted octanol–water partition coefficient (Wildman–Crippen LogP) is 4.89. The summed E-state index contributed by atoms with van der Waals surface area (Å²) in [5.41, 5.74) is 1.65. The van der Waals surface area contributed by atoms with E-state index in [-0.39, 0.29) is 5.41 Å². The molecule has 2 heteroatoms. The molecule has 15 heavy (non-hydrogen) atoms. The molecule has 0 spiro atoms. The molecule has 82 valence electrons. The molecule has 0 bridgehead atoms. The van der Waals surface area contributed by atoms with Gasteiger partial charge in [-0.3, -0.25) is 0 Å². The van der Waals surface area contributed by atoms with Gasteiger partial charge in [-0.15, -0.1) is 11.6 Å². The smallest absolute Gasteiger partial charge is 0.0320 e. The van der Waals surface area contributed by atoms with Crippen molar-refractivity contribution in [1.29, 1.82) is 0 Å². The number of halogens is 2. The first-order chi connectivity index (χ1) is 7.27. The fourth-order valence-electron chi connectivity index (χ4n) is 2.55. The molecule has 0 aromatic heterocycles. The molecule has 1 fully saturated rings. The average molecular weight is 288 g/mol. The van der Waals surface area contributed by atoms with Crippen molar-refractivity contribution in [2.24, 2.45) is 0 Å². The maximum absolute atomic E-state index is 6.21. The fourth-order valence-corrected chi connectivity index (χ4v) is 3.37. The Hall–Kier alpha value is -0.0100. The number of benzene rings is 1. The lowest BCUT2D eigenvalue weighted by molar-refractivity contribution is 0.324. The first-order valence-corrected chi connectivity index (χ1v) is 6.92. The van der Waals surface area contributed by atoms with Crippen LogP contribution in [0.4, 0.5) is 0 Å². The summed E-state index contributed by atoms with van der Waals surface area (Å²) in [6, 6.07) is 8.64. The average Bonchev–Trinajstić information content (AvgIpc) is 2.30. The molecular weight excluding hydrogens is 272 g/mol. The van der Waals surface area contributed by atoms with E-state index < -0.39 is 0 Å². The van der Waals surface area contributed by atoms with Crippen LogP contribution in [0.25, 0.3) is 0 Å². The van der Waals surface area contributed by atoms with Gasteiger partial charge in [-0.25, -0.2) is 0 Å². The molecule has 1 aliphatic rings. The molecule has 1 aromatic carbocycles. The minimum Gasteiger partial charge on any atom is -0.126 e. The Kier molecular flexibility index (Phi) is 3.73. The number of alkyl halides is 1. The highest BCUT2D eigenvalue weighted by molar-refractivity contribution is 9.10. The van der Waals surface area contributed by atoms with Gasteiger partial charge in [0.2, 0.25) is 0 Å². The van der Waals surface area contributed by atoms with Crippen LogP contribution in [-0.2, 0) is 5.41 Å². The lowest BCUT2D eigenvalue weighted by atomic mass is 9.71. The van der Waals surface area contributed by atoms with Crippen LogP contribution in [0.15, 0.2) is 28.7 Å². The summed E-state index contributed by atoms with van der Waals surface area (Å²) in [5.74, 6) is 0.753.